The number of methoxy groups -OCH3 is 1. The number of carbonyl (C=O) groups excluding carboxylic acids is 2. The van der Waals surface area contributed by atoms with Gasteiger partial charge in [0.25, 0.3) is 10.0 Å². The molecule has 3 rings (SSSR count). The van der Waals surface area contributed by atoms with Crippen LogP contribution in [-0.4, -0.2) is 50.9 Å². The monoisotopic (exact) mass is 565 g/mol. The number of rotatable bonds is 13. The Hall–Kier alpha value is -3.85. The number of hydrogen-bond acceptors (Lipinski definition) is 5. The largest absolute Gasteiger partial charge is 0.495 e. The molecule has 40 heavy (non-hydrogen) atoms. The Morgan fingerprint density at radius 3 is 2.15 bits per heavy atom. The second kappa shape index (κ2) is 14.0. The van der Waals surface area contributed by atoms with Crippen LogP contribution in [0.15, 0.2) is 83.8 Å². The SMILES string of the molecule is CC[C@@H](C)NC(=O)[C@H](CC)N(Cc1ccccc1C)C(=O)CN(c1ccccc1OC)S(=O)(=O)c1ccccc1. The van der Waals surface area contributed by atoms with Gasteiger partial charge in [0.15, 0.2) is 0 Å². The number of sulfonamides is 1. The van der Waals surface area contributed by atoms with E-state index in [1.807, 2.05) is 52.0 Å². The summed E-state index contributed by atoms with van der Waals surface area (Å²) in [4.78, 5) is 29.1. The van der Waals surface area contributed by atoms with Crippen molar-refractivity contribution in [1.82, 2.24) is 10.2 Å². The molecule has 0 aliphatic heterocycles. The molecule has 2 amide bonds. The molecule has 0 spiro atoms. The van der Waals surface area contributed by atoms with E-state index in [0.717, 1.165) is 21.9 Å². The maximum Gasteiger partial charge on any atom is 0.264 e. The number of ether oxygens (including phenoxy) is 1. The molecule has 0 aliphatic rings. The van der Waals surface area contributed by atoms with Crippen LogP contribution >= 0.6 is 0 Å². The van der Waals surface area contributed by atoms with E-state index in [2.05, 4.69) is 5.32 Å². The topological polar surface area (TPSA) is 96.0 Å². The van der Waals surface area contributed by atoms with Crippen molar-refractivity contribution in [2.24, 2.45) is 0 Å². The molecule has 0 radical (unpaired) electrons. The Balaban J connectivity index is 2.10. The summed E-state index contributed by atoms with van der Waals surface area (Å²) in [6, 6.07) is 21.4. The lowest BCUT2D eigenvalue weighted by Gasteiger charge is -2.34. The van der Waals surface area contributed by atoms with Gasteiger partial charge in [0.05, 0.1) is 17.7 Å². The van der Waals surface area contributed by atoms with E-state index >= 15 is 0 Å². The molecule has 0 aliphatic carbocycles. The average molecular weight is 566 g/mol. The third-order valence-corrected chi connectivity index (χ3v) is 8.73. The first-order chi connectivity index (χ1) is 19.1. The maximum atomic E-state index is 14.2. The summed E-state index contributed by atoms with van der Waals surface area (Å²) in [5.41, 5.74) is 2.08. The van der Waals surface area contributed by atoms with Gasteiger partial charge in [-0.2, -0.15) is 0 Å². The maximum absolute atomic E-state index is 14.2. The highest BCUT2D eigenvalue weighted by Crippen LogP contribution is 2.32. The summed E-state index contributed by atoms with van der Waals surface area (Å²) in [6.07, 6.45) is 1.10. The van der Waals surface area contributed by atoms with Gasteiger partial charge in [-0.05, 0) is 62.1 Å². The Kier molecular flexibility index (Phi) is 10.7. The Bertz CT molecular complexity index is 1390. The fraction of sp³-hybridized carbons (Fsp3) is 0.355. The summed E-state index contributed by atoms with van der Waals surface area (Å²) in [5.74, 6) is -0.463. The van der Waals surface area contributed by atoms with Crippen LogP contribution in [-0.2, 0) is 26.2 Å². The number of amides is 2. The van der Waals surface area contributed by atoms with E-state index in [-0.39, 0.29) is 29.1 Å². The molecule has 8 nitrogen and oxygen atoms in total. The zero-order chi connectivity index (χ0) is 29.3. The number of aryl methyl sites for hydroxylation is 1. The lowest BCUT2D eigenvalue weighted by molar-refractivity contribution is -0.140. The molecule has 0 unspecified atom stereocenters. The molecule has 3 aromatic carbocycles. The van der Waals surface area contributed by atoms with Crippen LogP contribution in [0.25, 0.3) is 0 Å². The molecule has 0 bridgehead atoms. The van der Waals surface area contributed by atoms with E-state index in [1.165, 1.54) is 24.1 Å². The Morgan fingerprint density at radius 2 is 1.52 bits per heavy atom. The van der Waals surface area contributed by atoms with Crippen LogP contribution in [0.5, 0.6) is 5.75 Å². The van der Waals surface area contributed by atoms with E-state index in [9.17, 15) is 18.0 Å². The van der Waals surface area contributed by atoms with Crippen LogP contribution in [0.3, 0.4) is 0 Å². The molecule has 0 aromatic heterocycles. The van der Waals surface area contributed by atoms with Gasteiger partial charge in [0.2, 0.25) is 11.8 Å². The van der Waals surface area contributed by atoms with Gasteiger partial charge >= 0.3 is 0 Å². The van der Waals surface area contributed by atoms with Gasteiger partial charge in [0.1, 0.15) is 18.3 Å². The van der Waals surface area contributed by atoms with Crippen molar-refractivity contribution < 1.29 is 22.7 Å². The molecule has 214 valence electrons. The first kappa shape index (κ1) is 30.7. The van der Waals surface area contributed by atoms with Crippen LogP contribution < -0.4 is 14.4 Å². The molecule has 3 aromatic rings. The first-order valence-electron chi connectivity index (χ1n) is 13.5. The molecular weight excluding hydrogens is 526 g/mol. The predicted octanol–water partition coefficient (Wildman–Crippen LogP) is 4.92. The van der Waals surface area contributed by atoms with Crippen molar-refractivity contribution in [3.05, 3.63) is 90.0 Å². The average Bonchev–Trinajstić information content (AvgIpc) is 2.96. The molecule has 0 saturated heterocycles. The molecule has 2 atom stereocenters. The Labute approximate surface area is 238 Å². The van der Waals surface area contributed by atoms with E-state index in [1.54, 1.807) is 42.5 Å². The van der Waals surface area contributed by atoms with Crippen LogP contribution in [0, 0.1) is 6.92 Å². The second-order valence-electron chi connectivity index (χ2n) is 9.69. The summed E-state index contributed by atoms with van der Waals surface area (Å²) in [5, 5.41) is 2.99. The van der Waals surface area contributed by atoms with Gasteiger partial charge in [-0.15, -0.1) is 0 Å². The van der Waals surface area contributed by atoms with Gasteiger partial charge in [-0.25, -0.2) is 8.42 Å². The lowest BCUT2D eigenvalue weighted by atomic mass is 10.1. The zero-order valence-corrected chi connectivity index (χ0v) is 24.6. The fourth-order valence-corrected chi connectivity index (χ4v) is 5.85. The van der Waals surface area contributed by atoms with Crippen molar-refractivity contribution in [1.29, 1.82) is 0 Å². The molecule has 0 fully saturated rings. The molecule has 0 heterocycles. The number of hydrogen-bond donors (Lipinski definition) is 1. The van der Waals surface area contributed by atoms with Gasteiger partial charge < -0.3 is 15.0 Å². The lowest BCUT2D eigenvalue weighted by Crippen LogP contribution is -2.53. The molecule has 1 N–H and O–H groups in total. The zero-order valence-electron chi connectivity index (χ0n) is 23.8. The summed E-state index contributed by atoms with van der Waals surface area (Å²) < 4.78 is 34.4. The number of nitrogens with one attached hydrogen (secondary N) is 1. The minimum absolute atomic E-state index is 0.0423. The quantitative estimate of drug-likeness (QED) is 0.317. The van der Waals surface area contributed by atoms with Crippen molar-refractivity contribution >= 4 is 27.5 Å². The van der Waals surface area contributed by atoms with E-state index in [4.69, 9.17) is 4.74 Å². The highest BCUT2D eigenvalue weighted by atomic mass is 32.2. The van der Waals surface area contributed by atoms with E-state index in [0.29, 0.717) is 12.2 Å². The molecule has 9 heteroatoms. The molecule has 0 saturated carbocycles. The minimum Gasteiger partial charge on any atom is -0.495 e. The van der Waals surface area contributed by atoms with Crippen molar-refractivity contribution in [3.63, 3.8) is 0 Å². The highest BCUT2D eigenvalue weighted by molar-refractivity contribution is 7.92. The minimum atomic E-state index is -4.17. The third-order valence-electron chi connectivity index (χ3n) is 6.95. The number of benzene rings is 3. The van der Waals surface area contributed by atoms with Gasteiger partial charge in [0, 0.05) is 12.6 Å². The number of carbonyl (C=O) groups is 2. The number of para-hydroxylation sites is 2. The van der Waals surface area contributed by atoms with Crippen LogP contribution in [0.4, 0.5) is 5.69 Å². The normalized spacial score (nSPS) is 12.7. The predicted molar refractivity (Wildman–Crippen MR) is 158 cm³/mol. The first-order valence-corrected chi connectivity index (χ1v) is 14.9. The summed E-state index contributed by atoms with van der Waals surface area (Å²) in [6.45, 7) is 7.31. The standard InChI is InChI=1S/C31H39N3O5S/c1-6-24(4)32-31(36)27(7-2)33(21-25-16-12-11-15-23(25)3)30(35)22-34(28-19-13-14-20-29(28)39-5)40(37,38)26-17-9-8-10-18-26/h8-20,24,27H,6-7,21-22H2,1-5H3,(H,32,36)/t24-,27+/m1/s1. The van der Waals surface area contributed by atoms with E-state index < -0.39 is 28.5 Å². The van der Waals surface area contributed by atoms with Crippen LogP contribution in [0.1, 0.15) is 44.7 Å². The fourth-order valence-electron chi connectivity index (χ4n) is 4.40. The van der Waals surface area contributed by atoms with Crippen molar-refractivity contribution in [2.75, 3.05) is 18.0 Å². The molecular formula is C31H39N3O5S. The number of anilines is 1. The van der Waals surface area contributed by atoms with Crippen LogP contribution in [0.2, 0.25) is 0 Å². The highest BCUT2D eigenvalue weighted by Gasteiger charge is 2.35. The summed E-state index contributed by atoms with van der Waals surface area (Å²) >= 11 is 0. The van der Waals surface area contributed by atoms with Crippen molar-refractivity contribution in [3.8, 4) is 5.75 Å². The van der Waals surface area contributed by atoms with Crippen molar-refractivity contribution in [2.45, 2.75) is 64.1 Å². The Morgan fingerprint density at radius 1 is 0.900 bits per heavy atom. The smallest absolute Gasteiger partial charge is 0.264 e. The summed E-state index contributed by atoms with van der Waals surface area (Å²) in [7, 11) is -2.72. The number of nitrogens with zero attached hydrogens (tertiary/aromatic N) is 2. The third kappa shape index (κ3) is 7.21. The second-order valence-corrected chi connectivity index (χ2v) is 11.5. The van der Waals surface area contributed by atoms with Gasteiger partial charge in [-0.3, -0.25) is 13.9 Å². The van der Waals surface area contributed by atoms with Gasteiger partial charge in [-0.1, -0.05) is 68.4 Å².